The van der Waals surface area contributed by atoms with Crippen LogP contribution in [0, 0.1) is 5.92 Å². The third-order valence-corrected chi connectivity index (χ3v) is 4.80. The second-order valence-corrected chi connectivity index (χ2v) is 6.27. The molecule has 1 fully saturated rings. The lowest BCUT2D eigenvalue weighted by Gasteiger charge is -2.20. The highest BCUT2D eigenvalue weighted by molar-refractivity contribution is 6.16. The number of alkyl halides is 1. The minimum atomic E-state index is 0.476. The summed E-state index contributed by atoms with van der Waals surface area (Å²) in [6.07, 6.45) is 5.90. The monoisotopic (exact) mass is 294 g/mol. The summed E-state index contributed by atoms with van der Waals surface area (Å²) >= 11 is 6.16. The van der Waals surface area contributed by atoms with Crippen LogP contribution in [-0.2, 0) is 19.3 Å². The molecular formula is C15H23ClN4. The van der Waals surface area contributed by atoms with Crippen molar-refractivity contribution in [2.45, 2.75) is 57.9 Å². The normalized spacial score (nSPS) is 23.0. The average molecular weight is 295 g/mol. The highest BCUT2D eigenvalue weighted by Crippen LogP contribution is 2.38. The molecule has 0 amide bonds. The Kier molecular flexibility index (Phi) is 3.76. The van der Waals surface area contributed by atoms with E-state index in [4.69, 9.17) is 16.6 Å². The summed E-state index contributed by atoms with van der Waals surface area (Å²) in [4.78, 5) is 4.80. The largest absolute Gasteiger partial charge is 0.309 e. The lowest BCUT2D eigenvalue weighted by molar-refractivity contribution is 0.403. The summed E-state index contributed by atoms with van der Waals surface area (Å²) in [5.74, 6) is 2.17. The van der Waals surface area contributed by atoms with E-state index in [1.165, 1.54) is 19.3 Å². The van der Waals surface area contributed by atoms with Crippen LogP contribution in [0.15, 0.2) is 0 Å². The van der Waals surface area contributed by atoms with Crippen molar-refractivity contribution in [1.82, 2.24) is 19.3 Å². The van der Waals surface area contributed by atoms with E-state index in [1.807, 2.05) is 11.7 Å². The zero-order chi connectivity index (χ0) is 14.3. The molecule has 0 aromatic carbocycles. The van der Waals surface area contributed by atoms with Gasteiger partial charge in [0.1, 0.15) is 11.3 Å². The quantitative estimate of drug-likeness (QED) is 0.804. The van der Waals surface area contributed by atoms with Gasteiger partial charge in [0, 0.05) is 13.1 Å². The van der Waals surface area contributed by atoms with Crippen LogP contribution in [0.4, 0.5) is 0 Å². The molecule has 2 heterocycles. The summed E-state index contributed by atoms with van der Waals surface area (Å²) in [6, 6.07) is 0.527. The molecule has 110 valence electrons. The standard InChI is InChI=1S/C15H23ClN4/c1-4-6-11-14-15(19(3)18-11)20(13(9-16)17-14)12-8-5-7-10(12)2/h10,12H,4-9H2,1-3H3. The highest BCUT2D eigenvalue weighted by Gasteiger charge is 2.30. The van der Waals surface area contributed by atoms with Crippen LogP contribution in [-0.4, -0.2) is 19.3 Å². The molecule has 2 aromatic heterocycles. The maximum atomic E-state index is 6.16. The third-order valence-electron chi connectivity index (χ3n) is 4.56. The van der Waals surface area contributed by atoms with Crippen molar-refractivity contribution in [3.05, 3.63) is 11.5 Å². The molecule has 2 aromatic rings. The number of imidazole rings is 1. The fourth-order valence-corrected chi connectivity index (χ4v) is 3.79. The fraction of sp³-hybridized carbons (Fsp3) is 0.733. The zero-order valence-electron chi connectivity index (χ0n) is 12.6. The fourth-order valence-electron chi connectivity index (χ4n) is 3.61. The Hall–Kier alpha value is -1.03. The van der Waals surface area contributed by atoms with Crippen molar-refractivity contribution in [2.24, 2.45) is 13.0 Å². The summed E-state index contributed by atoms with van der Waals surface area (Å²) in [5.41, 5.74) is 3.33. The second kappa shape index (κ2) is 5.40. The lowest BCUT2D eigenvalue weighted by Crippen LogP contribution is -2.16. The van der Waals surface area contributed by atoms with Gasteiger partial charge >= 0.3 is 0 Å². The van der Waals surface area contributed by atoms with Gasteiger partial charge in [0.25, 0.3) is 0 Å². The molecule has 5 heteroatoms. The van der Waals surface area contributed by atoms with Gasteiger partial charge in [-0.3, -0.25) is 4.68 Å². The molecule has 20 heavy (non-hydrogen) atoms. The first kappa shape index (κ1) is 13.9. The van der Waals surface area contributed by atoms with Crippen molar-refractivity contribution in [1.29, 1.82) is 0 Å². The molecule has 0 radical (unpaired) electrons. The van der Waals surface area contributed by atoms with E-state index < -0.39 is 0 Å². The van der Waals surface area contributed by atoms with E-state index >= 15 is 0 Å². The Balaban J connectivity index is 2.18. The molecule has 2 unspecified atom stereocenters. The molecule has 0 saturated heterocycles. The number of aromatic nitrogens is 4. The van der Waals surface area contributed by atoms with Gasteiger partial charge < -0.3 is 4.57 Å². The van der Waals surface area contributed by atoms with E-state index in [-0.39, 0.29) is 0 Å². The molecule has 1 aliphatic rings. The van der Waals surface area contributed by atoms with E-state index in [1.54, 1.807) is 0 Å². The Morgan fingerprint density at radius 1 is 1.35 bits per heavy atom. The Labute approximate surface area is 125 Å². The molecule has 0 aliphatic heterocycles. The first-order valence-corrected chi connectivity index (χ1v) is 8.19. The van der Waals surface area contributed by atoms with Gasteiger partial charge in [-0.1, -0.05) is 26.7 Å². The first-order chi connectivity index (χ1) is 9.67. The van der Waals surface area contributed by atoms with Crippen LogP contribution in [0.25, 0.3) is 11.2 Å². The lowest BCUT2D eigenvalue weighted by atomic mass is 10.1. The van der Waals surface area contributed by atoms with Crippen molar-refractivity contribution in [2.75, 3.05) is 0 Å². The van der Waals surface area contributed by atoms with Gasteiger partial charge in [0.2, 0.25) is 0 Å². The molecule has 0 bridgehead atoms. The molecule has 1 saturated carbocycles. The third kappa shape index (κ3) is 2.05. The number of aryl methyl sites for hydroxylation is 2. The minimum Gasteiger partial charge on any atom is -0.309 e. The van der Waals surface area contributed by atoms with Crippen LogP contribution in [0.1, 0.15) is 57.1 Å². The Morgan fingerprint density at radius 3 is 2.75 bits per heavy atom. The van der Waals surface area contributed by atoms with Crippen LogP contribution < -0.4 is 0 Å². The zero-order valence-corrected chi connectivity index (χ0v) is 13.3. The van der Waals surface area contributed by atoms with Crippen molar-refractivity contribution in [3.8, 4) is 0 Å². The van der Waals surface area contributed by atoms with Gasteiger partial charge in [-0.05, 0) is 25.2 Å². The Bertz CT molecular complexity index is 613. The van der Waals surface area contributed by atoms with Crippen molar-refractivity contribution < 1.29 is 0 Å². The number of hydrogen-bond donors (Lipinski definition) is 0. The highest BCUT2D eigenvalue weighted by atomic mass is 35.5. The number of hydrogen-bond acceptors (Lipinski definition) is 2. The summed E-state index contributed by atoms with van der Waals surface area (Å²) < 4.78 is 4.36. The molecule has 0 spiro atoms. The molecule has 4 nitrogen and oxygen atoms in total. The van der Waals surface area contributed by atoms with Gasteiger partial charge in [0.05, 0.1) is 11.6 Å². The van der Waals surface area contributed by atoms with E-state index in [2.05, 4.69) is 23.5 Å². The van der Waals surface area contributed by atoms with Crippen LogP contribution in [0.5, 0.6) is 0 Å². The van der Waals surface area contributed by atoms with Crippen LogP contribution >= 0.6 is 11.6 Å². The van der Waals surface area contributed by atoms with Gasteiger partial charge in [-0.25, -0.2) is 4.98 Å². The number of rotatable bonds is 4. The van der Waals surface area contributed by atoms with Crippen molar-refractivity contribution in [3.63, 3.8) is 0 Å². The Morgan fingerprint density at radius 2 is 2.15 bits per heavy atom. The average Bonchev–Trinajstić information content (AvgIpc) is 3.07. The molecular weight excluding hydrogens is 272 g/mol. The van der Waals surface area contributed by atoms with Gasteiger partial charge in [-0.2, -0.15) is 5.10 Å². The number of nitrogens with zero attached hydrogens (tertiary/aromatic N) is 4. The smallest absolute Gasteiger partial charge is 0.158 e. The number of halogens is 1. The first-order valence-electron chi connectivity index (χ1n) is 7.66. The van der Waals surface area contributed by atoms with E-state index in [0.717, 1.165) is 35.5 Å². The molecule has 3 rings (SSSR count). The molecule has 0 N–H and O–H groups in total. The van der Waals surface area contributed by atoms with E-state index in [0.29, 0.717) is 17.8 Å². The van der Waals surface area contributed by atoms with Crippen LogP contribution in [0.2, 0.25) is 0 Å². The second-order valence-electron chi connectivity index (χ2n) is 6.00. The minimum absolute atomic E-state index is 0.476. The van der Waals surface area contributed by atoms with Crippen molar-refractivity contribution >= 4 is 22.8 Å². The summed E-state index contributed by atoms with van der Waals surface area (Å²) in [6.45, 7) is 4.52. The molecule has 2 atom stereocenters. The summed E-state index contributed by atoms with van der Waals surface area (Å²) in [5, 5.41) is 4.66. The number of fused-ring (bicyclic) bond motifs is 1. The van der Waals surface area contributed by atoms with Gasteiger partial charge in [0.15, 0.2) is 5.65 Å². The maximum absolute atomic E-state index is 6.16. The predicted octanol–water partition coefficient (Wildman–Crippen LogP) is 3.82. The van der Waals surface area contributed by atoms with Crippen LogP contribution in [0.3, 0.4) is 0 Å². The SMILES string of the molecule is CCCc1nn(C)c2c1nc(CCl)n2C1CCCC1C. The van der Waals surface area contributed by atoms with E-state index in [9.17, 15) is 0 Å². The summed E-state index contributed by atoms with van der Waals surface area (Å²) in [7, 11) is 2.03. The van der Waals surface area contributed by atoms with Gasteiger partial charge in [-0.15, -0.1) is 11.6 Å². The molecule has 1 aliphatic carbocycles. The topological polar surface area (TPSA) is 35.6 Å². The predicted molar refractivity (Wildman–Crippen MR) is 82.1 cm³/mol. The maximum Gasteiger partial charge on any atom is 0.158 e.